The summed E-state index contributed by atoms with van der Waals surface area (Å²) in [4.78, 5) is 0. The number of hydrogen-bond donors (Lipinski definition) is 1. The van der Waals surface area contributed by atoms with Crippen LogP contribution in [-0.4, -0.2) is 6.61 Å². The van der Waals surface area contributed by atoms with Gasteiger partial charge in [0.1, 0.15) is 5.75 Å². The molecule has 1 aromatic carbocycles. The molecule has 0 unspecified atom stereocenters. The second-order valence-corrected chi connectivity index (χ2v) is 3.30. The van der Waals surface area contributed by atoms with Gasteiger partial charge in [0, 0.05) is 11.8 Å². The van der Waals surface area contributed by atoms with Crippen LogP contribution >= 0.6 is 11.6 Å². The van der Waals surface area contributed by atoms with Crippen LogP contribution in [0, 0.1) is 0 Å². The van der Waals surface area contributed by atoms with Crippen molar-refractivity contribution >= 4 is 17.3 Å². The van der Waals surface area contributed by atoms with Gasteiger partial charge in [-0.2, -0.15) is 0 Å². The molecule has 0 saturated heterocycles. The molecular weight excluding hydrogens is 186 g/mol. The number of ether oxygens (including phenoxy) is 1. The van der Waals surface area contributed by atoms with E-state index in [4.69, 9.17) is 22.1 Å². The zero-order chi connectivity index (χ0) is 9.68. The Bertz CT molecular complexity index is 276. The molecule has 0 bridgehead atoms. The van der Waals surface area contributed by atoms with Crippen molar-refractivity contribution in [2.24, 2.45) is 0 Å². The maximum absolute atomic E-state index is 5.89. The Morgan fingerprint density at radius 2 is 2.23 bits per heavy atom. The highest BCUT2D eigenvalue weighted by Gasteiger charge is 2.00. The van der Waals surface area contributed by atoms with Crippen LogP contribution in [0.25, 0.3) is 0 Å². The second-order valence-electron chi connectivity index (χ2n) is 2.89. The number of anilines is 1. The van der Waals surface area contributed by atoms with Crippen LogP contribution in [0.2, 0.25) is 5.02 Å². The highest BCUT2D eigenvalue weighted by molar-refractivity contribution is 6.32. The van der Waals surface area contributed by atoms with Gasteiger partial charge in [-0.05, 0) is 18.6 Å². The molecule has 72 valence electrons. The van der Waals surface area contributed by atoms with Crippen LogP contribution in [0.3, 0.4) is 0 Å². The van der Waals surface area contributed by atoms with E-state index in [-0.39, 0.29) is 0 Å². The molecule has 1 rings (SSSR count). The van der Waals surface area contributed by atoms with Gasteiger partial charge in [0.15, 0.2) is 0 Å². The molecule has 2 nitrogen and oxygen atoms in total. The van der Waals surface area contributed by atoms with Crippen molar-refractivity contribution < 1.29 is 4.74 Å². The molecule has 0 spiro atoms. The zero-order valence-corrected chi connectivity index (χ0v) is 8.47. The summed E-state index contributed by atoms with van der Waals surface area (Å²) in [6.07, 6.45) is 2.14. The normalized spacial score (nSPS) is 10.0. The van der Waals surface area contributed by atoms with Crippen molar-refractivity contribution in [2.45, 2.75) is 19.8 Å². The fourth-order valence-electron chi connectivity index (χ4n) is 0.957. The smallest absolute Gasteiger partial charge is 0.139 e. The second kappa shape index (κ2) is 4.97. The van der Waals surface area contributed by atoms with Crippen molar-refractivity contribution in [3.8, 4) is 5.75 Å². The molecule has 0 aliphatic carbocycles. The lowest BCUT2D eigenvalue weighted by Crippen LogP contribution is -1.97. The number of benzene rings is 1. The molecule has 2 N–H and O–H groups in total. The van der Waals surface area contributed by atoms with Crippen molar-refractivity contribution in [1.82, 2.24) is 0 Å². The number of halogens is 1. The Morgan fingerprint density at radius 3 is 2.92 bits per heavy atom. The standard InChI is InChI=1S/C10H14ClNO/c1-2-3-6-13-10-7-8(12)4-5-9(10)11/h4-5,7H,2-3,6,12H2,1H3. The summed E-state index contributed by atoms with van der Waals surface area (Å²) in [6, 6.07) is 5.26. The molecule has 0 heterocycles. The van der Waals surface area contributed by atoms with E-state index in [1.54, 1.807) is 18.2 Å². The predicted molar refractivity (Wildman–Crippen MR) is 56.3 cm³/mol. The molecular formula is C10H14ClNO. The Balaban J connectivity index is 2.59. The fourth-order valence-corrected chi connectivity index (χ4v) is 1.13. The monoisotopic (exact) mass is 199 g/mol. The van der Waals surface area contributed by atoms with E-state index >= 15 is 0 Å². The summed E-state index contributed by atoms with van der Waals surface area (Å²) in [6.45, 7) is 2.81. The van der Waals surface area contributed by atoms with Crippen LogP contribution in [-0.2, 0) is 0 Å². The van der Waals surface area contributed by atoms with Crippen LogP contribution in [0.4, 0.5) is 5.69 Å². The number of hydrogen-bond acceptors (Lipinski definition) is 2. The van der Waals surface area contributed by atoms with E-state index in [1.165, 1.54) is 0 Å². The van der Waals surface area contributed by atoms with Gasteiger partial charge in [-0.15, -0.1) is 0 Å². The summed E-state index contributed by atoms with van der Waals surface area (Å²) in [5, 5.41) is 0.616. The molecule has 0 saturated carbocycles. The number of unbranched alkanes of at least 4 members (excludes halogenated alkanes) is 1. The largest absolute Gasteiger partial charge is 0.492 e. The lowest BCUT2D eigenvalue weighted by atomic mass is 10.3. The number of nitrogen functional groups attached to an aromatic ring is 1. The molecule has 0 aromatic heterocycles. The van der Waals surface area contributed by atoms with Crippen molar-refractivity contribution in [1.29, 1.82) is 0 Å². The Labute approximate surface area is 83.6 Å². The third-order valence-electron chi connectivity index (χ3n) is 1.71. The van der Waals surface area contributed by atoms with Crippen LogP contribution in [0.1, 0.15) is 19.8 Å². The molecule has 0 atom stereocenters. The third kappa shape index (κ3) is 3.15. The van der Waals surface area contributed by atoms with Crippen molar-refractivity contribution in [3.05, 3.63) is 23.2 Å². The maximum atomic E-state index is 5.89. The fraction of sp³-hybridized carbons (Fsp3) is 0.400. The highest BCUT2D eigenvalue weighted by Crippen LogP contribution is 2.26. The van der Waals surface area contributed by atoms with E-state index in [0.717, 1.165) is 12.8 Å². The predicted octanol–water partition coefficient (Wildman–Crippen LogP) is 3.10. The average molecular weight is 200 g/mol. The topological polar surface area (TPSA) is 35.2 Å². The van der Waals surface area contributed by atoms with E-state index in [1.807, 2.05) is 0 Å². The lowest BCUT2D eigenvalue weighted by molar-refractivity contribution is 0.310. The summed E-state index contributed by atoms with van der Waals surface area (Å²) in [5.41, 5.74) is 6.27. The van der Waals surface area contributed by atoms with Crippen molar-refractivity contribution in [2.75, 3.05) is 12.3 Å². The van der Waals surface area contributed by atoms with Crippen LogP contribution in [0.15, 0.2) is 18.2 Å². The van der Waals surface area contributed by atoms with Gasteiger partial charge in [0.2, 0.25) is 0 Å². The minimum absolute atomic E-state index is 0.616. The average Bonchev–Trinajstić information content (AvgIpc) is 2.11. The first kappa shape index (κ1) is 10.2. The number of rotatable bonds is 4. The summed E-state index contributed by atoms with van der Waals surface area (Å²) in [7, 11) is 0. The Hall–Kier alpha value is -0.890. The first-order valence-electron chi connectivity index (χ1n) is 4.42. The molecule has 0 radical (unpaired) electrons. The highest BCUT2D eigenvalue weighted by atomic mass is 35.5. The quantitative estimate of drug-likeness (QED) is 0.598. The molecule has 13 heavy (non-hydrogen) atoms. The van der Waals surface area contributed by atoms with E-state index in [2.05, 4.69) is 6.92 Å². The first-order chi connectivity index (χ1) is 6.24. The maximum Gasteiger partial charge on any atom is 0.139 e. The van der Waals surface area contributed by atoms with Gasteiger partial charge < -0.3 is 10.5 Å². The molecule has 1 aromatic rings. The first-order valence-corrected chi connectivity index (χ1v) is 4.79. The Morgan fingerprint density at radius 1 is 1.46 bits per heavy atom. The minimum atomic E-state index is 0.616. The number of nitrogens with two attached hydrogens (primary N) is 1. The lowest BCUT2D eigenvalue weighted by Gasteiger charge is -2.07. The van der Waals surface area contributed by atoms with Gasteiger partial charge in [0.25, 0.3) is 0 Å². The van der Waals surface area contributed by atoms with Gasteiger partial charge in [-0.25, -0.2) is 0 Å². The van der Waals surface area contributed by atoms with Crippen LogP contribution < -0.4 is 10.5 Å². The molecule has 0 aliphatic rings. The summed E-state index contributed by atoms with van der Waals surface area (Å²) >= 11 is 5.89. The molecule has 0 aliphatic heterocycles. The van der Waals surface area contributed by atoms with Gasteiger partial charge in [0.05, 0.1) is 11.6 Å². The molecule has 3 heteroatoms. The van der Waals surface area contributed by atoms with Gasteiger partial charge in [-0.3, -0.25) is 0 Å². The minimum Gasteiger partial charge on any atom is -0.492 e. The Kier molecular flexibility index (Phi) is 3.90. The molecule has 0 amide bonds. The van der Waals surface area contributed by atoms with E-state index in [9.17, 15) is 0 Å². The van der Waals surface area contributed by atoms with E-state index in [0.29, 0.717) is 23.1 Å². The van der Waals surface area contributed by atoms with Crippen LogP contribution in [0.5, 0.6) is 5.75 Å². The summed E-state index contributed by atoms with van der Waals surface area (Å²) in [5.74, 6) is 0.676. The van der Waals surface area contributed by atoms with Crippen molar-refractivity contribution in [3.63, 3.8) is 0 Å². The SMILES string of the molecule is CCCCOc1cc(N)ccc1Cl. The molecule has 0 fully saturated rings. The van der Waals surface area contributed by atoms with E-state index < -0.39 is 0 Å². The third-order valence-corrected chi connectivity index (χ3v) is 2.02. The zero-order valence-electron chi connectivity index (χ0n) is 7.72. The van der Waals surface area contributed by atoms with Gasteiger partial charge >= 0.3 is 0 Å². The summed E-state index contributed by atoms with van der Waals surface area (Å²) < 4.78 is 5.45. The van der Waals surface area contributed by atoms with Gasteiger partial charge in [-0.1, -0.05) is 24.9 Å².